The lowest BCUT2D eigenvalue weighted by Crippen LogP contribution is -2.34. The van der Waals surface area contributed by atoms with Gasteiger partial charge in [-0.05, 0) is 98.6 Å². The molecule has 0 amide bonds. The van der Waals surface area contributed by atoms with Crippen molar-refractivity contribution in [2.24, 2.45) is 23.7 Å². The molecular weight excluding hydrogens is 540 g/mol. The predicted molar refractivity (Wildman–Crippen MR) is 169 cm³/mol. The number of benzene rings is 2. The summed E-state index contributed by atoms with van der Waals surface area (Å²) < 4.78 is 22.6. The molecule has 0 radical (unpaired) electrons. The van der Waals surface area contributed by atoms with E-state index in [2.05, 4.69) is 51.3 Å². The fraction of sp³-hybridized carbons (Fsp3) is 0.514. The molecule has 0 N–H and O–H groups in total. The topological polar surface area (TPSA) is 71.1 Å². The summed E-state index contributed by atoms with van der Waals surface area (Å²) in [6.07, 6.45) is 11.8. The SMILES string of the molecule is C=CCCC1CCC1C(=O)OCCOc1ccc(C(C)(C)c2ccc(OCCOC(=O)C3CCC3CCC=C)cc2)cc1. The van der Waals surface area contributed by atoms with Gasteiger partial charge in [-0.1, -0.05) is 50.3 Å². The van der Waals surface area contributed by atoms with Crippen LogP contribution >= 0.6 is 0 Å². The average molecular weight is 589 g/mol. The van der Waals surface area contributed by atoms with E-state index in [4.69, 9.17) is 18.9 Å². The highest BCUT2D eigenvalue weighted by atomic mass is 16.6. The highest BCUT2D eigenvalue weighted by molar-refractivity contribution is 5.74. The maximum absolute atomic E-state index is 12.4. The molecule has 0 saturated heterocycles. The standard InChI is InChI=1S/C37H48O6/c1-5-7-9-27-11-21-33(27)35(38)42-25-23-40-31-17-13-29(14-18-31)37(3,4)30-15-19-32(20-16-30)41-24-26-43-36(39)34-22-12-28(34)10-8-6-2/h5-6,13-20,27-28,33-34H,1-2,7-12,21-26H2,3-4H3. The number of allylic oxidation sites excluding steroid dienone is 2. The van der Waals surface area contributed by atoms with Crippen LogP contribution in [0, 0.1) is 23.7 Å². The van der Waals surface area contributed by atoms with Crippen molar-refractivity contribution in [2.45, 2.75) is 70.6 Å². The second-order valence-corrected chi connectivity index (χ2v) is 12.3. The van der Waals surface area contributed by atoms with Gasteiger partial charge >= 0.3 is 11.9 Å². The fourth-order valence-corrected chi connectivity index (χ4v) is 6.03. The lowest BCUT2D eigenvalue weighted by molar-refractivity contribution is -0.156. The highest BCUT2D eigenvalue weighted by Gasteiger charge is 2.37. The Bertz CT molecular complexity index is 1110. The summed E-state index contributed by atoms with van der Waals surface area (Å²) in [5.74, 6) is 2.22. The van der Waals surface area contributed by atoms with Crippen LogP contribution in [-0.4, -0.2) is 38.4 Å². The van der Waals surface area contributed by atoms with Crippen molar-refractivity contribution in [1.29, 1.82) is 0 Å². The van der Waals surface area contributed by atoms with Crippen LogP contribution in [0.15, 0.2) is 73.8 Å². The quantitative estimate of drug-likeness (QED) is 0.100. The first-order chi connectivity index (χ1) is 20.8. The van der Waals surface area contributed by atoms with Crippen molar-refractivity contribution >= 4 is 11.9 Å². The molecule has 43 heavy (non-hydrogen) atoms. The average Bonchev–Trinajstić information content (AvgIpc) is 2.97. The summed E-state index contributed by atoms with van der Waals surface area (Å²) in [4.78, 5) is 24.7. The van der Waals surface area contributed by atoms with Crippen molar-refractivity contribution in [3.05, 3.63) is 85.0 Å². The van der Waals surface area contributed by atoms with E-state index in [-0.39, 0.29) is 42.4 Å². The molecular formula is C37H48O6. The molecule has 2 aliphatic rings. The number of rotatable bonds is 18. The molecule has 0 bridgehead atoms. The van der Waals surface area contributed by atoms with E-state index in [1.165, 1.54) is 0 Å². The Labute approximate surface area is 257 Å². The van der Waals surface area contributed by atoms with Crippen LogP contribution in [-0.2, 0) is 24.5 Å². The molecule has 0 spiro atoms. The van der Waals surface area contributed by atoms with Gasteiger partial charge in [0.05, 0.1) is 11.8 Å². The summed E-state index contributed by atoms with van der Waals surface area (Å²) in [6, 6.07) is 16.1. The summed E-state index contributed by atoms with van der Waals surface area (Å²) >= 11 is 0. The Morgan fingerprint density at radius 2 is 1.07 bits per heavy atom. The van der Waals surface area contributed by atoms with Crippen molar-refractivity contribution in [3.8, 4) is 11.5 Å². The number of ether oxygens (including phenoxy) is 4. The molecule has 0 aromatic heterocycles. The van der Waals surface area contributed by atoms with Crippen LogP contribution in [0.4, 0.5) is 0 Å². The molecule has 4 rings (SSSR count). The Morgan fingerprint density at radius 3 is 1.40 bits per heavy atom. The van der Waals surface area contributed by atoms with Crippen LogP contribution in [0.3, 0.4) is 0 Å². The van der Waals surface area contributed by atoms with E-state index < -0.39 is 0 Å². The molecule has 4 atom stereocenters. The third-order valence-electron chi connectivity index (χ3n) is 9.27. The van der Waals surface area contributed by atoms with Gasteiger partial charge in [-0.25, -0.2) is 0 Å². The Balaban J connectivity index is 1.16. The normalized spacial score (nSPS) is 21.1. The maximum atomic E-state index is 12.4. The molecule has 232 valence electrons. The van der Waals surface area contributed by atoms with Gasteiger partial charge in [-0.3, -0.25) is 9.59 Å². The van der Waals surface area contributed by atoms with Crippen molar-refractivity contribution in [1.82, 2.24) is 0 Å². The summed E-state index contributed by atoms with van der Waals surface area (Å²) in [5.41, 5.74) is 2.09. The number of carbonyl (C=O) groups is 2. The minimum Gasteiger partial charge on any atom is -0.490 e. The lowest BCUT2D eigenvalue weighted by atomic mass is 9.71. The van der Waals surface area contributed by atoms with E-state index in [1.54, 1.807) is 0 Å². The second-order valence-electron chi connectivity index (χ2n) is 12.3. The first-order valence-corrected chi connectivity index (χ1v) is 15.8. The summed E-state index contributed by atoms with van der Waals surface area (Å²) in [7, 11) is 0. The number of esters is 2. The fourth-order valence-electron chi connectivity index (χ4n) is 6.03. The second kappa shape index (κ2) is 15.8. The van der Waals surface area contributed by atoms with Crippen LogP contribution in [0.5, 0.6) is 11.5 Å². The first kappa shape index (κ1) is 32.4. The van der Waals surface area contributed by atoms with Gasteiger partial charge in [-0.15, -0.1) is 13.2 Å². The van der Waals surface area contributed by atoms with Crippen molar-refractivity contribution in [3.63, 3.8) is 0 Å². The van der Waals surface area contributed by atoms with Crippen molar-refractivity contribution in [2.75, 3.05) is 26.4 Å². The van der Waals surface area contributed by atoms with E-state index in [0.717, 1.165) is 74.0 Å². The van der Waals surface area contributed by atoms with E-state index >= 15 is 0 Å². The summed E-state index contributed by atoms with van der Waals surface area (Å²) in [6.45, 7) is 13.1. The molecule has 2 fully saturated rings. The monoisotopic (exact) mass is 588 g/mol. The number of carbonyl (C=O) groups excluding carboxylic acids is 2. The maximum Gasteiger partial charge on any atom is 0.309 e. The lowest BCUT2D eigenvalue weighted by Gasteiger charge is -2.34. The van der Waals surface area contributed by atoms with E-state index in [0.29, 0.717) is 25.0 Å². The zero-order valence-corrected chi connectivity index (χ0v) is 25.9. The Hall–Kier alpha value is -3.54. The number of hydrogen-bond donors (Lipinski definition) is 0. The molecule has 6 heteroatoms. The molecule has 6 nitrogen and oxygen atoms in total. The van der Waals surface area contributed by atoms with Gasteiger partial charge in [0, 0.05) is 5.41 Å². The zero-order chi connectivity index (χ0) is 30.7. The minimum atomic E-state index is -0.224. The number of hydrogen-bond acceptors (Lipinski definition) is 6. The molecule has 2 saturated carbocycles. The summed E-state index contributed by atoms with van der Waals surface area (Å²) in [5, 5.41) is 0. The smallest absolute Gasteiger partial charge is 0.309 e. The highest BCUT2D eigenvalue weighted by Crippen LogP contribution is 2.39. The molecule has 0 aliphatic heterocycles. The molecule has 2 aliphatic carbocycles. The van der Waals surface area contributed by atoms with Gasteiger partial charge < -0.3 is 18.9 Å². The first-order valence-electron chi connectivity index (χ1n) is 15.8. The third-order valence-corrected chi connectivity index (χ3v) is 9.27. The Kier molecular flexibility index (Phi) is 11.9. The van der Waals surface area contributed by atoms with Gasteiger partial charge in [0.25, 0.3) is 0 Å². The van der Waals surface area contributed by atoms with Crippen LogP contribution in [0.1, 0.15) is 76.3 Å². The van der Waals surface area contributed by atoms with Gasteiger partial charge in [0.2, 0.25) is 0 Å². The van der Waals surface area contributed by atoms with Crippen LogP contribution in [0.2, 0.25) is 0 Å². The third kappa shape index (κ3) is 8.75. The van der Waals surface area contributed by atoms with Crippen LogP contribution < -0.4 is 9.47 Å². The molecule has 4 unspecified atom stereocenters. The van der Waals surface area contributed by atoms with Gasteiger partial charge in [0.1, 0.15) is 37.9 Å². The van der Waals surface area contributed by atoms with E-state index in [1.807, 2.05) is 36.4 Å². The van der Waals surface area contributed by atoms with Gasteiger partial charge in [0.15, 0.2) is 0 Å². The van der Waals surface area contributed by atoms with Crippen LogP contribution in [0.25, 0.3) is 0 Å². The Morgan fingerprint density at radius 1 is 0.674 bits per heavy atom. The van der Waals surface area contributed by atoms with E-state index in [9.17, 15) is 9.59 Å². The minimum absolute atomic E-state index is 0.0318. The molecule has 2 aromatic rings. The molecule has 0 heterocycles. The van der Waals surface area contributed by atoms with Gasteiger partial charge in [-0.2, -0.15) is 0 Å². The zero-order valence-electron chi connectivity index (χ0n) is 25.9. The predicted octanol–water partition coefficient (Wildman–Crippen LogP) is 7.84. The molecule has 2 aromatic carbocycles. The van der Waals surface area contributed by atoms with Crippen molar-refractivity contribution < 1.29 is 28.5 Å². The largest absolute Gasteiger partial charge is 0.490 e.